The van der Waals surface area contributed by atoms with Crippen molar-refractivity contribution in [2.24, 2.45) is 10.2 Å². The second kappa shape index (κ2) is 19.1. The quantitative estimate of drug-likeness (QED) is 0.0689. The predicted octanol–water partition coefficient (Wildman–Crippen LogP) is 9.91. The Morgan fingerprint density at radius 1 is 0.565 bits per heavy atom. The first-order valence-electron chi connectivity index (χ1n) is 18.3. The monoisotopic (exact) mass is 1320 g/mol. The lowest BCUT2D eigenvalue weighted by Crippen LogP contribution is -2.48. The van der Waals surface area contributed by atoms with Gasteiger partial charge >= 0.3 is 24.2 Å². The van der Waals surface area contributed by atoms with Crippen LogP contribution >= 0.6 is 90.4 Å². The molecule has 2 aliphatic rings. The van der Waals surface area contributed by atoms with Crippen molar-refractivity contribution < 1.29 is 54.9 Å². The average molecular weight is 1320 g/mol. The molecule has 332 valence electrons. The molecule has 0 saturated carbocycles. The van der Waals surface area contributed by atoms with E-state index in [1.165, 1.54) is 52.7 Å². The van der Waals surface area contributed by atoms with Crippen LogP contribution in [0, 0.1) is 14.3 Å². The van der Waals surface area contributed by atoms with E-state index in [0.717, 1.165) is 0 Å². The number of benzene rings is 4. The van der Waals surface area contributed by atoms with Crippen molar-refractivity contribution in [2.45, 2.75) is 49.4 Å². The number of alkyl halides is 6. The number of amides is 2. The number of azo groups is 1. The Morgan fingerprint density at radius 2 is 0.839 bits per heavy atom. The van der Waals surface area contributed by atoms with Crippen LogP contribution in [0.25, 0.3) is 0 Å². The molecule has 12 nitrogen and oxygen atoms in total. The molecule has 4 unspecified atom stereocenters. The molecule has 0 fully saturated rings. The Hall–Kier alpha value is -3.28. The maximum atomic E-state index is 14.5. The molecule has 4 aromatic carbocycles. The number of fused-ring (bicyclic) bond motifs is 2. The van der Waals surface area contributed by atoms with E-state index < -0.39 is 61.4 Å². The first kappa shape index (κ1) is 48.2. The zero-order valence-electron chi connectivity index (χ0n) is 32.9. The zero-order chi connectivity index (χ0) is 45.6. The minimum absolute atomic E-state index is 0.0694. The summed E-state index contributed by atoms with van der Waals surface area (Å²) in [6.45, 7) is -1.27. The molecule has 62 heavy (non-hydrogen) atoms. The third-order valence-corrected chi connectivity index (χ3v) is 14.2. The SMILES string of the molecule is COc1cc2c(cc1OC)C(Cc1cc(I)c(N)c(I)c1)N(C(=O)C(F)(F)F)CC2N=NC1CN(C(=O)C(F)(F)F)C(Cc2cc(I)c(N)c(I)c2)c2cc(OC)c(OC)cc21. The number of rotatable bonds is 10. The van der Waals surface area contributed by atoms with E-state index in [9.17, 15) is 35.9 Å². The van der Waals surface area contributed by atoms with E-state index >= 15 is 0 Å². The standard InChI is InChI=1S/C40H36F6I4N6O6/c1-59-31-11-19-21(13-33(31)61-3)29(9-17-5-23(47)35(51)24(48)6-17)55(37(57)39(41,42)43)15-27(19)53-54-28-16-56(38(58)40(44,45)46)30(10-18-7-25(49)36(52)26(50)8-18)22-14-34(62-4)32(60-2)12-20(22)28/h5-8,11-14,27-30H,9-10,15-16,51-52H2,1-4H3. The molecule has 4 N–H and O–H groups in total. The van der Waals surface area contributed by atoms with Gasteiger partial charge in [-0.2, -0.15) is 36.6 Å². The van der Waals surface area contributed by atoms with Crippen LogP contribution < -0.4 is 30.4 Å². The number of hydrogen-bond acceptors (Lipinski definition) is 10. The van der Waals surface area contributed by atoms with Gasteiger partial charge in [-0.3, -0.25) is 9.59 Å². The Balaban J connectivity index is 1.53. The van der Waals surface area contributed by atoms with Gasteiger partial charge in [0.2, 0.25) is 0 Å². The van der Waals surface area contributed by atoms with Crippen LogP contribution in [0.15, 0.2) is 58.8 Å². The number of nitrogens with two attached hydrogens (primary N) is 2. The number of ether oxygens (including phenoxy) is 4. The van der Waals surface area contributed by atoms with Crippen molar-refractivity contribution in [3.8, 4) is 23.0 Å². The van der Waals surface area contributed by atoms with Gasteiger partial charge in [0.05, 0.1) is 51.9 Å². The molecular weight excluding hydrogens is 1280 g/mol. The highest BCUT2D eigenvalue weighted by Crippen LogP contribution is 2.48. The van der Waals surface area contributed by atoms with Crippen LogP contribution in [0.4, 0.5) is 37.7 Å². The van der Waals surface area contributed by atoms with Crippen LogP contribution in [0.5, 0.6) is 23.0 Å². The van der Waals surface area contributed by atoms with Gasteiger partial charge in [0.1, 0.15) is 12.1 Å². The number of hydrogen-bond donors (Lipinski definition) is 2. The normalized spacial score (nSPS) is 18.9. The highest BCUT2D eigenvalue weighted by molar-refractivity contribution is 14.1. The maximum Gasteiger partial charge on any atom is 0.471 e. The third kappa shape index (κ3) is 9.85. The molecule has 0 bridgehead atoms. The van der Waals surface area contributed by atoms with E-state index in [1.54, 1.807) is 24.3 Å². The zero-order valence-corrected chi connectivity index (χ0v) is 41.6. The summed E-state index contributed by atoms with van der Waals surface area (Å²) >= 11 is 8.10. The van der Waals surface area contributed by atoms with E-state index in [1.807, 2.05) is 90.4 Å². The van der Waals surface area contributed by atoms with Gasteiger partial charge in [0, 0.05) is 27.4 Å². The molecule has 6 rings (SSSR count). The van der Waals surface area contributed by atoms with Crippen molar-refractivity contribution in [3.05, 3.63) is 96.2 Å². The smallest absolute Gasteiger partial charge is 0.471 e. The van der Waals surface area contributed by atoms with E-state index in [4.69, 9.17) is 30.4 Å². The molecule has 2 heterocycles. The summed E-state index contributed by atoms with van der Waals surface area (Å²) in [5, 5.41) is 9.02. The fourth-order valence-electron chi connectivity index (χ4n) is 7.66. The number of nitrogen functional groups attached to an aromatic ring is 2. The summed E-state index contributed by atoms with van der Waals surface area (Å²) < 4.78 is 112. The molecule has 2 aliphatic heterocycles. The Labute approximate surface area is 406 Å². The van der Waals surface area contributed by atoms with Crippen LogP contribution in [0.2, 0.25) is 0 Å². The number of nitrogens with zero attached hydrogens (tertiary/aromatic N) is 4. The molecule has 0 spiro atoms. The predicted molar refractivity (Wildman–Crippen MR) is 250 cm³/mol. The van der Waals surface area contributed by atoms with Crippen molar-refractivity contribution in [1.82, 2.24) is 9.80 Å². The summed E-state index contributed by atoms with van der Waals surface area (Å²) in [4.78, 5) is 28.1. The summed E-state index contributed by atoms with van der Waals surface area (Å²) in [7, 11) is 5.44. The van der Waals surface area contributed by atoms with Crippen molar-refractivity contribution >= 4 is 114 Å². The second-order valence-corrected chi connectivity index (χ2v) is 18.9. The summed E-state index contributed by atoms with van der Waals surface area (Å²) in [6.07, 6.45) is -10.7. The van der Waals surface area contributed by atoms with Crippen LogP contribution in [-0.2, 0) is 22.4 Å². The number of halogens is 10. The fraction of sp³-hybridized carbons (Fsp3) is 0.350. The summed E-state index contributed by atoms with van der Waals surface area (Å²) in [5.41, 5.74) is 15.7. The van der Waals surface area contributed by atoms with Crippen LogP contribution in [-0.4, -0.2) is 75.5 Å². The first-order valence-corrected chi connectivity index (χ1v) is 22.6. The second-order valence-electron chi connectivity index (χ2n) is 14.2. The molecule has 4 aromatic rings. The topological polar surface area (TPSA) is 154 Å². The molecule has 22 heteroatoms. The van der Waals surface area contributed by atoms with Gasteiger partial charge in [-0.1, -0.05) is 0 Å². The largest absolute Gasteiger partial charge is 0.493 e. The van der Waals surface area contributed by atoms with Crippen molar-refractivity contribution in [3.63, 3.8) is 0 Å². The minimum Gasteiger partial charge on any atom is -0.493 e. The molecule has 0 aliphatic carbocycles. The fourth-order valence-corrected chi connectivity index (χ4v) is 11.5. The molecule has 0 radical (unpaired) electrons. The van der Waals surface area contributed by atoms with Crippen molar-refractivity contribution in [1.29, 1.82) is 0 Å². The Bertz CT molecular complexity index is 2230. The van der Waals surface area contributed by atoms with Gasteiger partial charge in [-0.25, -0.2) is 0 Å². The molecule has 4 atom stereocenters. The number of carbonyl (C=O) groups is 2. The highest BCUT2D eigenvalue weighted by Gasteiger charge is 2.50. The Kier molecular flexibility index (Phi) is 14.8. The van der Waals surface area contributed by atoms with Crippen LogP contribution in [0.3, 0.4) is 0 Å². The summed E-state index contributed by atoms with van der Waals surface area (Å²) in [5.74, 6) is -3.55. The molecule has 0 aromatic heterocycles. The first-order chi connectivity index (χ1) is 29.1. The third-order valence-electron chi connectivity index (χ3n) is 10.6. The minimum atomic E-state index is -5.30. The van der Waals surface area contributed by atoms with Gasteiger partial charge in [0.25, 0.3) is 0 Å². The number of anilines is 2. The van der Waals surface area contributed by atoms with Crippen molar-refractivity contribution in [2.75, 3.05) is 53.0 Å². The van der Waals surface area contributed by atoms with E-state index in [-0.39, 0.29) is 47.0 Å². The van der Waals surface area contributed by atoms with E-state index in [0.29, 0.717) is 57.7 Å². The maximum absolute atomic E-state index is 14.5. The van der Waals surface area contributed by atoms with Gasteiger partial charge < -0.3 is 40.2 Å². The van der Waals surface area contributed by atoms with Gasteiger partial charge in [-0.05, 0) is 185 Å². The highest BCUT2D eigenvalue weighted by atomic mass is 127. The van der Waals surface area contributed by atoms with E-state index in [2.05, 4.69) is 10.2 Å². The lowest BCUT2D eigenvalue weighted by atomic mass is 9.85. The number of methoxy groups -OCH3 is 4. The number of carbonyl (C=O) groups excluding carboxylic acids is 2. The van der Waals surface area contributed by atoms with Gasteiger partial charge in [-0.15, -0.1) is 0 Å². The summed E-state index contributed by atoms with van der Waals surface area (Å²) in [6, 6.07) is 7.91. The average Bonchev–Trinajstić information content (AvgIpc) is 3.22. The Morgan fingerprint density at radius 3 is 1.10 bits per heavy atom. The molecular formula is C40H36F6I4N6O6. The van der Waals surface area contributed by atoms with Gasteiger partial charge in [0.15, 0.2) is 23.0 Å². The molecule has 0 saturated heterocycles. The van der Waals surface area contributed by atoms with Crippen LogP contribution in [0.1, 0.15) is 57.5 Å². The lowest BCUT2D eigenvalue weighted by Gasteiger charge is -2.41. The lowest BCUT2D eigenvalue weighted by molar-refractivity contribution is -0.189. The molecule has 2 amide bonds.